The lowest BCUT2D eigenvalue weighted by molar-refractivity contribution is 0.0268. The number of esters is 1. The average molecular weight is 223 g/mol. The quantitative estimate of drug-likeness (QED) is 0.746. The van der Waals surface area contributed by atoms with Gasteiger partial charge in [0.05, 0.1) is 13.2 Å². The molecule has 1 atom stereocenters. The van der Waals surface area contributed by atoms with Gasteiger partial charge in [-0.25, -0.2) is 4.79 Å². The van der Waals surface area contributed by atoms with Gasteiger partial charge in [0.15, 0.2) is 0 Å². The van der Waals surface area contributed by atoms with Gasteiger partial charge in [0.2, 0.25) is 0 Å². The van der Waals surface area contributed by atoms with Gasteiger partial charge in [-0.15, -0.1) is 0 Å². The summed E-state index contributed by atoms with van der Waals surface area (Å²) in [5.74, 6) is -0.574. The first kappa shape index (κ1) is 10.9. The predicted molar refractivity (Wildman–Crippen MR) is 56.4 cm³/mol. The molecule has 5 heteroatoms. The molecule has 1 N–H and O–H groups in total. The second-order valence-electron chi connectivity index (χ2n) is 3.76. The number of nitrogens with one attached hydrogen (secondary N) is 1. The summed E-state index contributed by atoms with van der Waals surface area (Å²) in [7, 11) is 0. The Bertz CT molecular complexity index is 446. The van der Waals surface area contributed by atoms with Gasteiger partial charge < -0.3 is 14.5 Å². The molecule has 1 saturated heterocycles. The van der Waals surface area contributed by atoms with Crippen LogP contribution in [0.4, 0.5) is 0 Å². The van der Waals surface area contributed by atoms with Gasteiger partial charge in [0.1, 0.15) is 11.7 Å². The SMILES string of the molecule is Cc1cc[nH]c(=O)c1C(=O)OC1CCOC1. The number of aromatic nitrogens is 1. The van der Waals surface area contributed by atoms with Crippen LogP contribution in [0.2, 0.25) is 0 Å². The van der Waals surface area contributed by atoms with Crippen LogP contribution in [-0.2, 0) is 9.47 Å². The van der Waals surface area contributed by atoms with E-state index in [0.717, 1.165) is 0 Å². The van der Waals surface area contributed by atoms with E-state index < -0.39 is 11.5 Å². The number of aryl methyl sites for hydroxylation is 1. The number of aromatic amines is 1. The minimum atomic E-state index is -0.574. The number of hydrogen-bond acceptors (Lipinski definition) is 4. The van der Waals surface area contributed by atoms with Crippen molar-refractivity contribution in [3.05, 3.63) is 33.7 Å². The Hall–Kier alpha value is -1.62. The van der Waals surface area contributed by atoms with Crippen molar-refractivity contribution in [1.82, 2.24) is 4.98 Å². The number of pyridine rings is 1. The van der Waals surface area contributed by atoms with Gasteiger partial charge >= 0.3 is 5.97 Å². The van der Waals surface area contributed by atoms with Gasteiger partial charge in [-0.1, -0.05) is 0 Å². The lowest BCUT2D eigenvalue weighted by Crippen LogP contribution is -2.25. The molecule has 1 aromatic heterocycles. The van der Waals surface area contributed by atoms with Crippen molar-refractivity contribution in [3.8, 4) is 0 Å². The number of carbonyl (C=O) groups excluding carboxylic acids is 1. The Morgan fingerprint density at radius 2 is 2.44 bits per heavy atom. The Labute approximate surface area is 92.4 Å². The van der Waals surface area contributed by atoms with Crippen molar-refractivity contribution in [2.24, 2.45) is 0 Å². The summed E-state index contributed by atoms with van der Waals surface area (Å²) < 4.78 is 10.3. The van der Waals surface area contributed by atoms with Crippen molar-refractivity contribution < 1.29 is 14.3 Å². The number of carbonyl (C=O) groups is 1. The average Bonchev–Trinajstić information content (AvgIpc) is 2.70. The third-order valence-electron chi connectivity index (χ3n) is 2.53. The molecule has 1 unspecified atom stereocenters. The fraction of sp³-hybridized carbons (Fsp3) is 0.455. The first-order valence-corrected chi connectivity index (χ1v) is 5.15. The summed E-state index contributed by atoms with van der Waals surface area (Å²) in [6.45, 7) is 2.72. The highest BCUT2D eigenvalue weighted by molar-refractivity contribution is 5.90. The normalized spacial score (nSPS) is 19.7. The molecule has 0 amide bonds. The maximum atomic E-state index is 11.7. The molecule has 1 aliphatic rings. The topological polar surface area (TPSA) is 68.4 Å². The van der Waals surface area contributed by atoms with Crippen molar-refractivity contribution in [1.29, 1.82) is 0 Å². The second-order valence-corrected chi connectivity index (χ2v) is 3.76. The van der Waals surface area contributed by atoms with E-state index in [-0.39, 0.29) is 11.7 Å². The van der Waals surface area contributed by atoms with Gasteiger partial charge in [0, 0.05) is 12.6 Å². The maximum absolute atomic E-state index is 11.7. The van der Waals surface area contributed by atoms with E-state index in [0.29, 0.717) is 25.2 Å². The number of hydrogen-bond donors (Lipinski definition) is 1. The van der Waals surface area contributed by atoms with Crippen LogP contribution in [-0.4, -0.2) is 30.3 Å². The van der Waals surface area contributed by atoms with Crippen LogP contribution in [0.1, 0.15) is 22.3 Å². The molecule has 1 fully saturated rings. The molecule has 5 nitrogen and oxygen atoms in total. The highest BCUT2D eigenvalue weighted by Crippen LogP contribution is 2.11. The zero-order valence-corrected chi connectivity index (χ0v) is 8.99. The van der Waals surface area contributed by atoms with Crippen molar-refractivity contribution in [2.45, 2.75) is 19.4 Å². The Balaban J connectivity index is 2.17. The molecule has 16 heavy (non-hydrogen) atoms. The van der Waals surface area contributed by atoms with Gasteiger partial charge in [-0.2, -0.15) is 0 Å². The smallest absolute Gasteiger partial charge is 0.344 e. The fourth-order valence-electron chi connectivity index (χ4n) is 1.65. The molecule has 2 rings (SSSR count). The first-order chi connectivity index (χ1) is 7.68. The Morgan fingerprint density at radius 1 is 1.62 bits per heavy atom. The van der Waals surface area contributed by atoms with E-state index in [1.807, 2.05) is 0 Å². The molecule has 0 aliphatic carbocycles. The van der Waals surface area contributed by atoms with E-state index in [9.17, 15) is 9.59 Å². The van der Waals surface area contributed by atoms with Crippen LogP contribution in [0.15, 0.2) is 17.1 Å². The van der Waals surface area contributed by atoms with Crippen LogP contribution in [0.3, 0.4) is 0 Å². The molecular weight excluding hydrogens is 210 g/mol. The molecule has 2 heterocycles. The monoisotopic (exact) mass is 223 g/mol. The van der Waals surface area contributed by atoms with Crippen molar-refractivity contribution >= 4 is 5.97 Å². The minimum Gasteiger partial charge on any atom is -0.456 e. The molecule has 0 aromatic carbocycles. The van der Waals surface area contributed by atoms with Crippen LogP contribution in [0, 0.1) is 6.92 Å². The third-order valence-corrected chi connectivity index (χ3v) is 2.53. The van der Waals surface area contributed by atoms with Gasteiger partial charge in [-0.3, -0.25) is 4.79 Å². The number of H-pyrrole nitrogens is 1. The molecular formula is C11H13NO4. The van der Waals surface area contributed by atoms with Crippen LogP contribution >= 0.6 is 0 Å². The number of ether oxygens (including phenoxy) is 2. The van der Waals surface area contributed by atoms with Crippen LogP contribution < -0.4 is 5.56 Å². The molecule has 1 aromatic rings. The maximum Gasteiger partial charge on any atom is 0.344 e. The summed E-state index contributed by atoms with van der Waals surface area (Å²) in [6.07, 6.45) is 1.97. The lowest BCUT2D eigenvalue weighted by Gasteiger charge is -2.10. The summed E-state index contributed by atoms with van der Waals surface area (Å²) in [5, 5.41) is 0. The second kappa shape index (κ2) is 4.49. The molecule has 1 aliphatic heterocycles. The Kier molecular flexibility index (Phi) is 3.05. The molecule has 0 bridgehead atoms. The van der Waals surface area contributed by atoms with E-state index >= 15 is 0 Å². The molecule has 86 valence electrons. The van der Waals surface area contributed by atoms with Crippen LogP contribution in [0.25, 0.3) is 0 Å². The Morgan fingerprint density at radius 3 is 3.06 bits per heavy atom. The standard InChI is InChI=1S/C11H13NO4/c1-7-2-4-12-10(13)9(7)11(14)16-8-3-5-15-6-8/h2,4,8H,3,5-6H2,1H3,(H,12,13). The lowest BCUT2D eigenvalue weighted by atomic mass is 10.1. The molecule has 0 radical (unpaired) electrons. The predicted octanol–water partition coefficient (Wildman–Crippen LogP) is 0.629. The minimum absolute atomic E-state index is 0.0781. The van der Waals surface area contributed by atoms with Crippen LogP contribution in [0.5, 0.6) is 0 Å². The zero-order valence-electron chi connectivity index (χ0n) is 8.99. The molecule has 0 saturated carbocycles. The summed E-state index contributed by atoms with van der Waals surface area (Å²) >= 11 is 0. The largest absolute Gasteiger partial charge is 0.456 e. The van der Waals surface area contributed by atoms with E-state index in [1.165, 1.54) is 6.20 Å². The number of rotatable bonds is 2. The fourth-order valence-corrected chi connectivity index (χ4v) is 1.65. The first-order valence-electron chi connectivity index (χ1n) is 5.15. The summed E-state index contributed by atoms with van der Waals surface area (Å²) in [6, 6.07) is 1.67. The van der Waals surface area contributed by atoms with E-state index in [2.05, 4.69) is 4.98 Å². The highest BCUT2D eigenvalue weighted by Gasteiger charge is 2.23. The zero-order chi connectivity index (χ0) is 11.5. The summed E-state index contributed by atoms with van der Waals surface area (Å²) in [5.41, 5.74) is 0.283. The van der Waals surface area contributed by atoms with E-state index in [1.54, 1.807) is 13.0 Å². The van der Waals surface area contributed by atoms with Crippen molar-refractivity contribution in [3.63, 3.8) is 0 Å². The summed E-state index contributed by atoms with van der Waals surface area (Å²) in [4.78, 5) is 25.7. The highest BCUT2D eigenvalue weighted by atomic mass is 16.6. The van der Waals surface area contributed by atoms with E-state index in [4.69, 9.17) is 9.47 Å². The van der Waals surface area contributed by atoms with Gasteiger partial charge in [-0.05, 0) is 18.6 Å². The third kappa shape index (κ3) is 2.14. The van der Waals surface area contributed by atoms with Gasteiger partial charge in [0.25, 0.3) is 5.56 Å². The van der Waals surface area contributed by atoms with Crippen molar-refractivity contribution in [2.75, 3.05) is 13.2 Å². The molecule has 0 spiro atoms.